The van der Waals surface area contributed by atoms with Gasteiger partial charge in [0.05, 0.1) is 12.6 Å². The Kier molecular flexibility index (Phi) is 8.59. The molecule has 0 aliphatic carbocycles. The van der Waals surface area contributed by atoms with Gasteiger partial charge in [-0.3, -0.25) is 14.4 Å². The lowest BCUT2D eigenvalue weighted by Crippen LogP contribution is -2.55. The van der Waals surface area contributed by atoms with E-state index in [9.17, 15) is 29.0 Å². The monoisotopic (exact) mass is 483 g/mol. The number of nitrogens with zero attached hydrogens (tertiary/aromatic N) is 1. The van der Waals surface area contributed by atoms with E-state index >= 15 is 0 Å². The average molecular weight is 484 g/mol. The van der Waals surface area contributed by atoms with Crippen LogP contribution in [0, 0.1) is 6.92 Å². The number of hydrogen-bond donors (Lipinski definition) is 4. The first-order valence-corrected chi connectivity index (χ1v) is 11.4. The summed E-state index contributed by atoms with van der Waals surface area (Å²) in [5.41, 5.74) is 1.29. The largest absolute Gasteiger partial charge is 0.508 e. The van der Waals surface area contributed by atoms with E-state index in [4.69, 9.17) is 0 Å². The summed E-state index contributed by atoms with van der Waals surface area (Å²) in [6.45, 7) is 4.92. The lowest BCUT2D eigenvalue weighted by Gasteiger charge is -2.30. The molecule has 0 bridgehead atoms. The molecule has 0 saturated carbocycles. The fraction of sp³-hybridized carbons (Fsp3) is 0.346. The minimum absolute atomic E-state index is 0.0617. The van der Waals surface area contributed by atoms with E-state index in [1.165, 1.54) is 24.3 Å². The zero-order valence-corrected chi connectivity index (χ0v) is 19.5. The molecule has 0 radical (unpaired) electrons. The second-order valence-corrected chi connectivity index (χ2v) is 8.54. The van der Waals surface area contributed by atoms with Gasteiger partial charge < -0.3 is 25.7 Å². The number of aromatic hydroxyl groups is 1. The standard InChI is InChI=1S/C26H30FN3O5/c1-3-12-28-25(34)21-14-18(27)15-30(21)26(35)23(32)20(13-17-8-5-4-6-9-17)29-24(33)19-10-7-11-22(31)16(19)2/h3-11,18,20-21,23,31-32H,1,12-15H2,2H3,(H,28,34)(H,29,33). The minimum atomic E-state index is -1.74. The molecule has 8 nitrogen and oxygen atoms in total. The number of halogens is 1. The van der Waals surface area contributed by atoms with Gasteiger partial charge in [-0.15, -0.1) is 6.58 Å². The highest BCUT2D eigenvalue weighted by Gasteiger charge is 2.43. The second-order valence-electron chi connectivity index (χ2n) is 8.54. The van der Waals surface area contributed by atoms with Crippen molar-refractivity contribution in [2.24, 2.45) is 0 Å². The molecule has 1 saturated heterocycles. The second kappa shape index (κ2) is 11.6. The Labute approximate surface area is 203 Å². The van der Waals surface area contributed by atoms with Gasteiger partial charge >= 0.3 is 0 Å². The molecule has 186 valence electrons. The number of amides is 3. The topological polar surface area (TPSA) is 119 Å². The zero-order chi connectivity index (χ0) is 25.5. The molecule has 1 fully saturated rings. The summed E-state index contributed by atoms with van der Waals surface area (Å²) in [4.78, 5) is 39.8. The Morgan fingerprint density at radius 1 is 1.20 bits per heavy atom. The fourth-order valence-electron chi connectivity index (χ4n) is 4.13. The molecule has 9 heteroatoms. The molecule has 4 N–H and O–H groups in total. The molecule has 0 aromatic heterocycles. The molecule has 1 aliphatic rings. The molecule has 4 unspecified atom stereocenters. The summed E-state index contributed by atoms with van der Waals surface area (Å²) in [7, 11) is 0. The lowest BCUT2D eigenvalue weighted by molar-refractivity contribution is -0.146. The first-order valence-electron chi connectivity index (χ1n) is 11.4. The van der Waals surface area contributed by atoms with Crippen LogP contribution >= 0.6 is 0 Å². The van der Waals surface area contributed by atoms with E-state index in [1.54, 1.807) is 31.2 Å². The van der Waals surface area contributed by atoms with Gasteiger partial charge in [-0.05, 0) is 31.0 Å². The predicted octanol–water partition coefficient (Wildman–Crippen LogP) is 1.64. The molecule has 35 heavy (non-hydrogen) atoms. The normalized spacial score (nSPS) is 19.0. The van der Waals surface area contributed by atoms with Crippen molar-refractivity contribution >= 4 is 17.7 Å². The van der Waals surface area contributed by atoms with Gasteiger partial charge in [-0.2, -0.15) is 0 Å². The van der Waals surface area contributed by atoms with Crippen LogP contribution in [0.3, 0.4) is 0 Å². The van der Waals surface area contributed by atoms with Crippen molar-refractivity contribution in [2.45, 2.75) is 44.1 Å². The van der Waals surface area contributed by atoms with Crippen molar-refractivity contribution in [3.8, 4) is 5.75 Å². The van der Waals surface area contributed by atoms with Crippen LogP contribution in [0.2, 0.25) is 0 Å². The number of phenols is 1. The zero-order valence-electron chi connectivity index (χ0n) is 19.5. The maximum absolute atomic E-state index is 14.2. The predicted molar refractivity (Wildman–Crippen MR) is 128 cm³/mol. The highest BCUT2D eigenvalue weighted by Crippen LogP contribution is 2.24. The fourth-order valence-corrected chi connectivity index (χ4v) is 4.13. The SMILES string of the molecule is C=CCNC(=O)C1CC(F)CN1C(=O)C(O)C(Cc1ccccc1)NC(=O)c1cccc(O)c1C. The third kappa shape index (κ3) is 6.24. The maximum Gasteiger partial charge on any atom is 0.254 e. The van der Waals surface area contributed by atoms with Gasteiger partial charge in [0.2, 0.25) is 5.91 Å². The Morgan fingerprint density at radius 2 is 1.91 bits per heavy atom. The number of benzene rings is 2. The smallest absolute Gasteiger partial charge is 0.254 e. The number of carbonyl (C=O) groups excluding carboxylic acids is 3. The maximum atomic E-state index is 14.2. The third-order valence-electron chi connectivity index (χ3n) is 6.06. The van der Waals surface area contributed by atoms with Crippen molar-refractivity contribution < 1.29 is 29.0 Å². The van der Waals surface area contributed by atoms with E-state index in [1.807, 2.05) is 6.07 Å². The molecule has 0 spiro atoms. The molecule has 2 aromatic carbocycles. The van der Waals surface area contributed by atoms with Gasteiger partial charge in [0, 0.05) is 24.1 Å². The minimum Gasteiger partial charge on any atom is -0.508 e. The number of phenolic OH excluding ortho intramolecular Hbond substituents is 1. The van der Waals surface area contributed by atoms with E-state index in [0.29, 0.717) is 5.56 Å². The molecule has 4 atom stereocenters. The molecule has 1 heterocycles. The number of alkyl halides is 1. The van der Waals surface area contributed by atoms with Gasteiger partial charge in [-0.1, -0.05) is 42.5 Å². The molecule has 2 aromatic rings. The third-order valence-corrected chi connectivity index (χ3v) is 6.06. The van der Waals surface area contributed by atoms with E-state index in [-0.39, 0.29) is 37.2 Å². The Hall–Kier alpha value is -3.72. The van der Waals surface area contributed by atoms with Gasteiger partial charge in [0.25, 0.3) is 11.8 Å². The van der Waals surface area contributed by atoms with Crippen LogP contribution < -0.4 is 10.6 Å². The van der Waals surface area contributed by atoms with Crippen molar-refractivity contribution in [3.63, 3.8) is 0 Å². The molecule has 3 rings (SSSR count). The van der Waals surface area contributed by atoms with Crippen molar-refractivity contribution in [1.82, 2.24) is 15.5 Å². The number of carbonyl (C=O) groups is 3. The van der Waals surface area contributed by atoms with Crippen LogP contribution in [0.15, 0.2) is 61.2 Å². The van der Waals surface area contributed by atoms with Gasteiger partial charge in [0.15, 0.2) is 6.10 Å². The van der Waals surface area contributed by atoms with Crippen molar-refractivity contribution in [1.29, 1.82) is 0 Å². The first kappa shape index (κ1) is 25.9. The summed E-state index contributed by atoms with van der Waals surface area (Å²) < 4.78 is 14.2. The number of aliphatic hydroxyl groups is 1. The molecule has 1 aliphatic heterocycles. The Morgan fingerprint density at radius 3 is 2.60 bits per heavy atom. The van der Waals surface area contributed by atoms with Gasteiger partial charge in [0.1, 0.15) is 18.0 Å². The quantitative estimate of drug-likeness (QED) is 0.405. The summed E-state index contributed by atoms with van der Waals surface area (Å²) in [6, 6.07) is 11.3. The number of likely N-dealkylation sites (tertiary alicyclic amines) is 1. The number of aliphatic hydroxyl groups excluding tert-OH is 1. The summed E-state index contributed by atoms with van der Waals surface area (Å²) in [5.74, 6) is -2.04. The van der Waals surface area contributed by atoms with Crippen molar-refractivity contribution in [2.75, 3.05) is 13.1 Å². The van der Waals surface area contributed by atoms with E-state index in [2.05, 4.69) is 17.2 Å². The van der Waals surface area contributed by atoms with Crippen LogP contribution in [0.4, 0.5) is 4.39 Å². The summed E-state index contributed by atoms with van der Waals surface area (Å²) in [5, 5.41) is 26.3. The van der Waals surface area contributed by atoms with E-state index in [0.717, 1.165) is 10.5 Å². The highest BCUT2D eigenvalue weighted by atomic mass is 19.1. The summed E-state index contributed by atoms with van der Waals surface area (Å²) >= 11 is 0. The van der Waals surface area contributed by atoms with Crippen molar-refractivity contribution in [3.05, 3.63) is 77.9 Å². The van der Waals surface area contributed by atoms with E-state index < -0.39 is 42.1 Å². The van der Waals surface area contributed by atoms with Crippen LogP contribution in [0.1, 0.15) is 27.9 Å². The highest BCUT2D eigenvalue weighted by molar-refractivity contribution is 5.97. The first-order chi connectivity index (χ1) is 16.7. The molecular weight excluding hydrogens is 453 g/mol. The van der Waals surface area contributed by atoms with Gasteiger partial charge in [-0.25, -0.2) is 4.39 Å². The number of rotatable bonds is 9. The Balaban J connectivity index is 1.85. The van der Waals surface area contributed by atoms with Crippen LogP contribution in [0.5, 0.6) is 5.75 Å². The Bertz CT molecular complexity index is 1080. The number of nitrogens with one attached hydrogen (secondary N) is 2. The average Bonchev–Trinajstić information content (AvgIpc) is 3.25. The van der Waals surface area contributed by atoms with Crippen LogP contribution in [-0.4, -0.2) is 70.3 Å². The molecule has 3 amide bonds. The molecular formula is C26H30FN3O5. The summed E-state index contributed by atoms with van der Waals surface area (Å²) in [6.07, 6.45) is -1.76. The van der Waals surface area contributed by atoms with Crippen LogP contribution in [-0.2, 0) is 16.0 Å². The lowest BCUT2D eigenvalue weighted by atomic mass is 9.98. The number of hydrogen-bond acceptors (Lipinski definition) is 5. The van der Waals surface area contributed by atoms with Crippen LogP contribution in [0.25, 0.3) is 0 Å².